The average Bonchev–Trinajstić information content (AvgIpc) is 2.80. The highest BCUT2D eigenvalue weighted by Crippen LogP contribution is 2.33. The maximum absolute atomic E-state index is 13.2. The van der Waals surface area contributed by atoms with Crippen LogP contribution in [0.2, 0.25) is 0 Å². The summed E-state index contributed by atoms with van der Waals surface area (Å²) in [5.41, 5.74) is 2.36. The second kappa shape index (κ2) is 6.39. The van der Waals surface area contributed by atoms with Gasteiger partial charge in [-0.05, 0) is 42.3 Å². The van der Waals surface area contributed by atoms with E-state index >= 15 is 0 Å². The maximum atomic E-state index is 13.2. The molecule has 0 atom stereocenters. The van der Waals surface area contributed by atoms with Crippen LogP contribution in [-0.2, 0) is 9.59 Å². The molecule has 2 aromatic carbocycles. The molecule has 6 heteroatoms. The van der Waals surface area contributed by atoms with E-state index in [9.17, 15) is 14.0 Å². The minimum atomic E-state index is -0.451. The highest BCUT2D eigenvalue weighted by Gasteiger charge is 2.37. The van der Waals surface area contributed by atoms with Crippen LogP contribution in [0.25, 0.3) is 5.57 Å². The SMILES string of the molecule is COc1ccc(C)cc1NC1=C(c2ccc(F)cc2)C(=O)N(C)C1=O. The van der Waals surface area contributed by atoms with Crippen molar-refractivity contribution in [2.45, 2.75) is 6.92 Å². The average molecular weight is 340 g/mol. The van der Waals surface area contributed by atoms with Crippen LogP contribution < -0.4 is 10.1 Å². The van der Waals surface area contributed by atoms with Crippen LogP contribution >= 0.6 is 0 Å². The van der Waals surface area contributed by atoms with Crippen molar-refractivity contribution in [2.75, 3.05) is 19.5 Å². The zero-order chi connectivity index (χ0) is 18.1. The second-order valence-electron chi connectivity index (χ2n) is 5.75. The first-order valence-corrected chi connectivity index (χ1v) is 7.66. The molecule has 0 radical (unpaired) electrons. The van der Waals surface area contributed by atoms with E-state index in [0.29, 0.717) is 17.0 Å². The largest absolute Gasteiger partial charge is 0.495 e. The molecule has 1 aliphatic rings. The molecule has 0 saturated heterocycles. The number of hydrogen-bond donors (Lipinski definition) is 1. The molecule has 128 valence electrons. The third-order valence-electron chi connectivity index (χ3n) is 4.03. The van der Waals surface area contributed by atoms with Crippen molar-refractivity contribution in [2.24, 2.45) is 0 Å². The Hall–Kier alpha value is -3.15. The Balaban J connectivity index is 2.12. The van der Waals surface area contributed by atoms with Crippen molar-refractivity contribution in [3.63, 3.8) is 0 Å². The first-order chi connectivity index (χ1) is 11.9. The first kappa shape index (κ1) is 16.7. The standard InChI is InChI=1S/C19H17FN2O3/c1-11-4-9-15(25-3)14(10-11)21-17-16(18(23)22(2)19(17)24)12-5-7-13(20)8-6-12/h4-10,21H,1-3H3. The lowest BCUT2D eigenvalue weighted by atomic mass is 10.0. The van der Waals surface area contributed by atoms with Crippen molar-refractivity contribution >= 4 is 23.1 Å². The van der Waals surface area contributed by atoms with Gasteiger partial charge in [-0.3, -0.25) is 14.5 Å². The lowest BCUT2D eigenvalue weighted by molar-refractivity contribution is -0.135. The van der Waals surface area contributed by atoms with Crippen LogP contribution in [0.3, 0.4) is 0 Å². The van der Waals surface area contributed by atoms with Crippen LogP contribution in [-0.4, -0.2) is 30.9 Å². The van der Waals surface area contributed by atoms with Crippen molar-refractivity contribution in [1.82, 2.24) is 4.90 Å². The lowest BCUT2D eigenvalue weighted by Crippen LogP contribution is -2.28. The number of ether oxygens (including phenoxy) is 1. The number of nitrogens with zero attached hydrogens (tertiary/aromatic N) is 1. The van der Waals surface area contributed by atoms with Gasteiger partial charge >= 0.3 is 0 Å². The molecule has 0 bridgehead atoms. The minimum absolute atomic E-state index is 0.142. The summed E-state index contributed by atoms with van der Waals surface area (Å²) in [7, 11) is 2.94. The second-order valence-corrected chi connectivity index (χ2v) is 5.75. The fourth-order valence-electron chi connectivity index (χ4n) is 2.70. The summed E-state index contributed by atoms with van der Waals surface area (Å²) in [6.45, 7) is 1.91. The predicted molar refractivity (Wildman–Crippen MR) is 92.5 cm³/mol. The fourth-order valence-corrected chi connectivity index (χ4v) is 2.70. The topological polar surface area (TPSA) is 58.6 Å². The van der Waals surface area contributed by atoms with Gasteiger partial charge in [0, 0.05) is 7.05 Å². The monoisotopic (exact) mass is 340 g/mol. The van der Waals surface area contributed by atoms with Gasteiger partial charge in [-0.25, -0.2) is 4.39 Å². The van der Waals surface area contributed by atoms with Crippen LogP contribution in [0.4, 0.5) is 10.1 Å². The molecule has 0 saturated carbocycles. The third-order valence-corrected chi connectivity index (χ3v) is 4.03. The number of carbonyl (C=O) groups is 2. The summed E-state index contributed by atoms with van der Waals surface area (Å²) in [5, 5.41) is 3.02. The van der Waals surface area contributed by atoms with E-state index in [4.69, 9.17) is 4.74 Å². The number of benzene rings is 2. The zero-order valence-electron chi connectivity index (χ0n) is 14.1. The molecule has 1 aliphatic heterocycles. The highest BCUT2D eigenvalue weighted by atomic mass is 19.1. The number of rotatable bonds is 4. The molecule has 0 aromatic heterocycles. The Morgan fingerprint density at radius 2 is 1.72 bits per heavy atom. The molecular formula is C19H17FN2O3. The van der Waals surface area contributed by atoms with E-state index < -0.39 is 17.6 Å². The van der Waals surface area contributed by atoms with Crippen molar-refractivity contribution in [1.29, 1.82) is 0 Å². The van der Waals surface area contributed by atoms with Crippen molar-refractivity contribution < 1.29 is 18.7 Å². The van der Waals surface area contributed by atoms with Crippen LogP contribution in [0.1, 0.15) is 11.1 Å². The molecular weight excluding hydrogens is 323 g/mol. The van der Waals surface area contributed by atoms with E-state index in [0.717, 1.165) is 10.5 Å². The number of amides is 2. The van der Waals surface area contributed by atoms with Gasteiger partial charge in [0.2, 0.25) is 0 Å². The molecule has 5 nitrogen and oxygen atoms in total. The van der Waals surface area contributed by atoms with Gasteiger partial charge in [0.1, 0.15) is 17.3 Å². The maximum Gasteiger partial charge on any atom is 0.277 e. The predicted octanol–water partition coefficient (Wildman–Crippen LogP) is 2.96. The number of halogens is 1. The summed E-state index contributed by atoms with van der Waals surface area (Å²) in [4.78, 5) is 26.1. The molecule has 0 aliphatic carbocycles. The van der Waals surface area contributed by atoms with Crippen molar-refractivity contribution in [3.8, 4) is 5.75 Å². The molecule has 1 N–H and O–H groups in total. The van der Waals surface area contributed by atoms with Gasteiger partial charge in [0.25, 0.3) is 11.8 Å². The number of methoxy groups -OCH3 is 1. The van der Waals surface area contributed by atoms with E-state index in [1.807, 2.05) is 19.1 Å². The fraction of sp³-hybridized carbons (Fsp3) is 0.158. The zero-order valence-corrected chi connectivity index (χ0v) is 14.1. The number of likely N-dealkylation sites (N-methyl/N-ethyl adjacent to an activating group) is 1. The number of anilines is 1. The Kier molecular flexibility index (Phi) is 4.27. The number of nitrogens with one attached hydrogen (secondary N) is 1. The number of hydrogen-bond acceptors (Lipinski definition) is 4. The summed E-state index contributed by atoms with van der Waals surface area (Å²) in [6, 6.07) is 10.9. The van der Waals surface area contributed by atoms with E-state index in [1.165, 1.54) is 38.4 Å². The van der Waals surface area contributed by atoms with Gasteiger partial charge in [0.05, 0.1) is 18.4 Å². The normalized spacial score (nSPS) is 14.3. The van der Waals surface area contributed by atoms with Crippen molar-refractivity contribution in [3.05, 3.63) is 65.1 Å². The smallest absolute Gasteiger partial charge is 0.277 e. The molecule has 0 unspecified atom stereocenters. The summed E-state index contributed by atoms with van der Waals surface area (Å²) >= 11 is 0. The quantitative estimate of drug-likeness (QED) is 0.870. The van der Waals surface area contributed by atoms with E-state index in [1.54, 1.807) is 6.07 Å². The van der Waals surface area contributed by atoms with Crippen LogP contribution in [0.15, 0.2) is 48.2 Å². The Morgan fingerprint density at radius 1 is 1.04 bits per heavy atom. The third kappa shape index (κ3) is 2.98. The molecule has 25 heavy (non-hydrogen) atoms. The Bertz CT molecular complexity index is 888. The van der Waals surface area contributed by atoms with Gasteiger partial charge in [0.15, 0.2) is 0 Å². The molecule has 2 aromatic rings. The molecule has 3 rings (SSSR count). The Labute approximate surface area is 144 Å². The number of aryl methyl sites for hydroxylation is 1. The first-order valence-electron chi connectivity index (χ1n) is 7.66. The van der Waals surface area contributed by atoms with Crippen LogP contribution in [0, 0.1) is 12.7 Å². The molecule has 0 fully saturated rings. The van der Waals surface area contributed by atoms with Gasteiger partial charge in [-0.2, -0.15) is 0 Å². The minimum Gasteiger partial charge on any atom is -0.495 e. The van der Waals surface area contributed by atoms with E-state index in [-0.39, 0.29) is 11.3 Å². The molecule has 1 heterocycles. The number of carbonyl (C=O) groups excluding carboxylic acids is 2. The van der Waals surface area contributed by atoms with Gasteiger partial charge in [-0.15, -0.1) is 0 Å². The summed E-state index contributed by atoms with van der Waals surface area (Å²) < 4.78 is 18.5. The molecule has 2 amide bonds. The van der Waals surface area contributed by atoms with Crippen LogP contribution in [0.5, 0.6) is 5.75 Å². The van der Waals surface area contributed by atoms with E-state index in [2.05, 4.69) is 5.32 Å². The van der Waals surface area contributed by atoms with Gasteiger partial charge in [-0.1, -0.05) is 18.2 Å². The molecule has 0 spiro atoms. The van der Waals surface area contributed by atoms with Gasteiger partial charge < -0.3 is 10.1 Å². The highest BCUT2D eigenvalue weighted by molar-refractivity contribution is 6.36. The summed E-state index contributed by atoms with van der Waals surface area (Å²) in [5.74, 6) is -0.755. The number of imide groups is 1. The summed E-state index contributed by atoms with van der Waals surface area (Å²) in [6.07, 6.45) is 0. The Morgan fingerprint density at radius 3 is 2.36 bits per heavy atom. The lowest BCUT2D eigenvalue weighted by Gasteiger charge is -2.13.